The number of para-hydroxylation sites is 4. The number of benzene rings is 8. The SMILES string of the molecule is Cc1ccc2c(c1)c1ccccc1n2-c1cc(-c2cccc(-n3c4ccccc4c4ccccc43)c2)cc(-n2c3ccccc3c3cc(C)ccc32)c1. The van der Waals surface area contributed by atoms with E-state index in [0.29, 0.717) is 0 Å². The minimum Gasteiger partial charge on any atom is -0.309 e. The number of fused-ring (bicyclic) bond motifs is 9. The maximum absolute atomic E-state index is 2.45. The topological polar surface area (TPSA) is 14.8 Å². The lowest BCUT2D eigenvalue weighted by molar-refractivity contribution is 1.13. The molecule has 3 heterocycles. The van der Waals surface area contributed by atoms with Crippen molar-refractivity contribution in [2.24, 2.45) is 0 Å². The smallest absolute Gasteiger partial charge is 0.0541 e. The fraction of sp³-hybridized carbons (Fsp3) is 0.0400. The monoisotopic (exact) mass is 677 g/mol. The normalized spacial score (nSPS) is 12.0. The van der Waals surface area contributed by atoms with E-state index in [1.165, 1.54) is 82.1 Å². The first kappa shape index (κ1) is 29.8. The van der Waals surface area contributed by atoms with E-state index in [-0.39, 0.29) is 0 Å². The second-order valence-corrected chi connectivity index (χ2v) is 14.4. The lowest BCUT2D eigenvalue weighted by Crippen LogP contribution is -2.00. The Morgan fingerprint density at radius 3 is 1.11 bits per heavy atom. The standard InChI is InChI=1S/C50H35N3/c1-32-22-24-49-43(26-32)41-16-5-9-20-47(41)52(49)37-29-35(30-38(31-37)53-48-21-10-6-17-42(48)44-27-33(2)23-25-50(44)53)34-12-11-13-36(28-34)51-45-18-7-3-14-39(45)40-15-4-8-19-46(40)51/h3-31H,1-2H3. The molecule has 11 rings (SSSR count). The summed E-state index contributed by atoms with van der Waals surface area (Å²) in [4.78, 5) is 0. The molecule has 0 bridgehead atoms. The van der Waals surface area contributed by atoms with Crippen molar-refractivity contribution in [1.82, 2.24) is 13.7 Å². The Balaban J connectivity index is 1.22. The van der Waals surface area contributed by atoms with Crippen molar-refractivity contribution < 1.29 is 0 Å². The zero-order chi connectivity index (χ0) is 35.2. The van der Waals surface area contributed by atoms with Gasteiger partial charge in [0.2, 0.25) is 0 Å². The first-order valence-electron chi connectivity index (χ1n) is 18.4. The van der Waals surface area contributed by atoms with Gasteiger partial charge in [-0.1, -0.05) is 108 Å². The summed E-state index contributed by atoms with van der Waals surface area (Å²) in [5, 5.41) is 7.60. The average Bonchev–Trinajstić information content (AvgIpc) is 3.83. The highest BCUT2D eigenvalue weighted by atomic mass is 15.0. The van der Waals surface area contributed by atoms with Crippen LogP contribution < -0.4 is 0 Å². The highest BCUT2D eigenvalue weighted by molar-refractivity contribution is 6.12. The number of nitrogens with zero attached hydrogens (tertiary/aromatic N) is 3. The maximum Gasteiger partial charge on any atom is 0.0541 e. The summed E-state index contributed by atoms with van der Waals surface area (Å²) in [5.41, 5.74) is 15.5. The van der Waals surface area contributed by atoms with Crippen LogP contribution in [0.15, 0.2) is 176 Å². The summed E-state index contributed by atoms with van der Waals surface area (Å²) >= 11 is 0. The number of rotatable bonds is 4. The van der Waals surface area contributed by atoms with E-state index < -0.39 is 0 Å². The quantitative estimate of drug-likeness (QED) is 0.176. The summed E-state index contributed by atoms with van der Waals surface area (Å²) < 4.78 is 7.31. The third-order valence-corrected chi connectivity index (χ3v) is 11.1. The second kappa shape index (κ2) is 11.3. The highest BCUT2D eigenvalue weighted by Crippen LogP contribution is 2.39. The van der Waals surface area contributed by atoms with Crippen LogP contribution in [0.25, 0.3) is 93.6 Å². The van der Waals surface area contributed by atoms with E-state index in [4.69, 9.17) is 0 Å². The predicted octanol–water partition coefficient (Wildman–Crippen LogP) is 13.3. The van der Waals surface area contributed by atoms with E-state index >= 15 is 0 Å². The van der Waals surface area contributed by atoms with Crippen LogP contribution >= 0.6 is 0 Å². The molecule has 0 aliphatic rings. The molecular weight excluding hydrogens is 643 g/mol. The molecule has 3 aromatic heterocycles. The molecule has 0 N–H and O–H groups in total. The van der Waals surface area contributed by atoms with Crippen LogP contribution in [0.5, 0.6) is 0 Å². The fourth-order valence-corrected chi connectivity index (χ4v) is 8.78. The van der Waals surface area contributed by atoms with Gasteiger partial charge in [0.25, 0.3) is 0 Å². The Hall–Kier alpha value is -6.84. The van der Waals surface area contributed by atoms with Crippen molar-refractivity contribution in [3.63, 3.8) is 0 Å². The second-order valence-electron chi connectivity index (χ2n) is 14.4. The molecule has 0 saturated heterocycles. The molecule has 0 radical (unpaired) electrons. The van der Waals surface area contributed by atoms with Gasteiger partial charge < -0.3 is 13.7 Å². The Morgan fingerprint density at radius 1 is 0.264 bits per heavy atom. The van der Waals surface area contributed by atoms with Crippen LogP contribution in [-0.4, -0.2) is 13.7 Å². The third kappa shape index (κ3) is 4.47. The minimum absolute atomic E-state index is 1.13. The van der Waals surface area contributed by atoms with Crippen LogP contribution in [0, 0.1) is 13.8 Å². The van der Waals surface area contributed by atoms with Crippen molar-refractivity contribution in [2.75, 3.05) is 0 Å². The number of aryl methyl sites for hydroxylation is 2. The third-order valence-electron chi connectivity index (χ3n) is 11.1. The van der Waals surface area contributed by atoms with E-state index in [0.717, 1.165) is 22.6 Å². The van der Waals surface area contributed by atoms with Crippen molar-refractivity contribution >= 4 is 65.4 Å². The number of aromatic nitrogens is 3. The molecule has 53 heavy (non-hydrogen) atoms. The van der Waals surface area contributed by atoms with Crippen LogP contribution in [0.1, 0.15) is 11.1 Å². The molecule has 3 heteroatoms. The van der Waals surface area contributed by atoms with E-state index in [1.807, 2.05) is 0 Å². The molecule has 8 aromatic carbocycles. The molecule has 11 aromatic rings. The molecule has 0 fully saturated rings. The zero-order valence-electron chi connectivity index (χ0n) is 29.6. The van der Waals surface area contributed by atoms with Gasteiger partial charge in [-0.25, -0.2) is 0 Å². The van der Waals surface area contributed by atoms with Crippen LogP contribution in [-0.2, 0) is 0 Å². The Bertz CT molecular complexity index is 3070. The number of hydrogen-bond acceptors (Lipinski definition) is 0. The maximum atomic E-state index is 2.45. The molecule has 0 unspecified atom stereocenters. The van der Waals surface area contributed by atoms with E-state index in [1.54, 1.807) is 0 Å². The first-order chi connectivity index (χ1) is 26.1. The van der Waals surface area contributed by atoms with Gasteiger partial charge in [0.15, 0.2) is 0 Å². The molecule has 0 amide bonds. The molecule has 0 spiro atoms. The van der Waals surface area contributed by atoms with Crippen molar-refractivity contribution in [3.8, 4) is 28.2 Å². The van der Waals surface area contributed by atoms with Gasteiger partial charge >= 0.3 is 0 Å². The van der Waals surface area contributed by atoms with Crippen molar-refractivity contribution in [3.05, 3.63) is 187 Å². The van der Waals surface area contributed by atoms with Crippen LogP contribution in [0.3, 0.4) is 0 Å². The van der Waals surface area contributed by atoms with Gasteiger partial charge in [-0.15, -0.1) is 0 Å². The Morgan fingerprint density at radius 2 is 0.642 bits per heavy atom. The highest BCUT2D eigenvalue weighted by Gasteiger charge is 2.18. The molecule has 0 aliphatic heterocycles. The predicted molar refractivity (Wildman–Crippen MR) is 224 cm³/mol. The summed E-state index contributed by atoms with van der Waals surface area (Å²) in [6.45, 7) is 4.36. The summed E-state index contributed by atoms with van der Waals surface area (Å²) in [5.74, 6) is 0. The zero-order valence-corrected chi connectivity index (χ0v) is 29.6. The van der Waals surface area contributed by atoms with Crippen molar-refractivity contribution in [1.29, 1.82) is 0 Å². The average molecular weight is 678 g/mol. The van der Waals surface area contributed by atoms with Gasteiger partial charge in [-0.2, -0.15) is 0 Å². The van der Waals surface area contributed by atoms with Gasteiger partial charge in [-0.05, 0) is 104 Å². The molecule has 0 atom stereocenters. The van der Waals surface area contributed by atoms with Crippen LogP contribution in [0.4, 0.5) is 0 Å². The Labute approximate surface area is 307 Å². The van der Waals surface area contributed by atoms with Crippen molar-refractivity contribution in [2.45, 2.75) is 13.8 Å². The van der Waals surface area contributed by atoms with Gasteiger partial charge in [0.1, 0.15) is 0 Å². The summed E-state index contributed by atoms with van der Waals surface area (Å²) in [7, 11) is 0. The van der Waals surface area contributed by atoms with Gasteiger partial charge in [0, 0.05) is 49.4 Å². The van der Waals surface area contributed by atoms with E-state index in [2.05, 4.69) is 203 Å². The molecule has 250 valence electrons. The summed E-state index contributed by atoms with van der Waals surface area (Å²) in [6.07, 6.45) is 0. The lowest BCUT2D eigenvalue weighted by Gasteiger charge is -2.17. The first-order valence-corrected chi connectivity index (χ1v) is 18.4. The fourth-order valence-electron chi connectivity index (χ4n) is 8.78. The lowest BCUT2D eigenvalue weighted by atomic mass is 10.0. The molecule has 0 saturated carbocycles. The minimum atomic E-state index is 1.13. The number of hydrogen-bond donors (Lipinski definition) is 0. The van der Waals surface area contributed by atoms with Gasteiger partial charge in [0.05, 0.1) is 33.1 Å². The van der Waals surface area contributed by atoms with Gasteiger partial charge in [-0.3, -0.25) is 0 Å². The largest absolute Gasteiger partial charge is 0.309 e. The summed E-state index contributed by atoms with van der Waals surface area (Å²) in [6, 6.07) is 64.9. The van der Waals surface area contributed by atoms with E-state index in [9.17, 15) is 0 Å². The van der Waals surface area contributed by atoms with Crippen LogP contribution in [0.2, 0.25) is 0 Å². The molecular formula is C50H35N3. The Kier molecular flexibility index (Phi) is 6.38. The molecule has 3 nitrogen and oxygen atoms in total. The molecule has 0 aliphatic carbocycles.